The maximum absolute atomic E-state index is 11.6. The summed E-state index contributed by atoms with van der Waals surface area (Å²) >= 11 is 0. The molecule has 0 aromatic rings. The van der Waals surface area contributed by atoms with E-state index in [1.165, 1.54) is 0 Å². The second-order valence-electron chi connectivity index (χ2n) is 4.10. The molecule has 9 nitrogen and oxygen atoms in total. The van der Waals surface area contributed by atoms with Crippen molar-refractivity contribution in [2.45, 2.75) is 38.3 Å². The summed E-state index contributed by atoms with van der Waals surface area (Å²) in [6.07, 6.45) is -6.51. The average molecular weight is 296 g/mol. The first-order chi connectivity index (χ1) is 9.38. The second kappa shape index (κ2) is 9.86. The number of hydrogen-bond acceptors (Lipinski definition) is 7. The van der Waals surface area contributed by atoms with Crippen LogP contribution < -0.4 is 5.32 Å². The van der Waals surface area contributed by atoms with E-state index in [-0.39, 0.29) is 6.54 Å². The van der Waals surface area contributed by atoms with Crippen LogP contribution in [-0.4, -0.2) is 87.3 Å². The van der Waals surface area contributed by atoms with Crippen LogP contribution >= 0.6 is 0 Å². The molecule has 0 fully saturated rings. The van der Waals surface area contributed by atoms with Gasteiger partial charge in [0.1, 0.15) is 18.3 Å². The number of hydrogen-bond donors (Lipinski definition) is 6. The Kier molecular flexibility index (Phi) is 9.38. The van der Waals surface area contributed by atoms with Gasteiger partial charge in [-0.3, -0.25) is 4.84 Å². The molecule has 0 aliphatic carbocycles. The Balaban J connectivity index is 4.26. The van der Waals surface area contributed by atoms with Gasteiger partial charge < -0.3 is 30.8 Å². The number of hydroxylamine groups is 2. The van der Waals surface area contributed by atoms with E-state index in [1.54, 1.807) is 13.8 Å². The number of aliphatic hydroxyl groups is 5. The molecule has 0 aromatic carbocycles. The molecule has 6 N–H and O–H groups in total. The van der Waals surface area contributed by atoms with Crippen LogP contribution in [0.2, 0.25) is 0 Å². The van der Waals surface area contributed by atoms with Gasteiger partial charge in [0.25, 0.3) is 0 Å². The smallest absolute Gasteiger partial charge is 0.341 e. The predicted molar refractivity (Wildman–Crippen MR) is 68.5 cm³/mol. The number of nitrogens with one attached hydrogen (secondary N) is 1. The van der Waals surface area contributed by atoms with E-state index in [2.05, 4.69) is 5.32 Å². The first kappa shape index (κ1) is 19.0. The van der Waals surface area contributed by atoms with Crippen molar-refractivity contribution in [3.63, 3.8) is 0 Å². The Hall–Kier alpha value is -0.970. The van der Waals surface area contributed by atoms with E-state index >= 15 is 0 Å². The fraction of sp³-hybridized carbons (Fsp3) is 0.909. The number of nitrogens with zero attached hydrogens (tertiary/aromatic N) is 1. The highest BCUT2D eigenvalue weighted by Gasteiger charge is 2.30. The monoisotopic (exact) mass is 296 g/mol. The van der Waals surface area contributed by atoms with Crippen LogP contribution in [0, 0.1) is 0 Å². The average Bonchev–Trinajstić information content (AvgIpc) is 2.47. The van der Waals surface area contributed by atoms with Gasteiger partial charge in [0.05, 0.1) is 19.3 Å². The van der Waals surface area contributed by atoms with Crippen LogP contribution in [0.5, 0.6) is 0 Å². The van der Waals surface area contributed by atoms with Crippen LogP contribution in [0.15, 0.2) is 0 Å². The van der Waals surface area contributed by atoms with Gasteiger partial charge in [0, 0.05) is 13.1 Å². The van der Waals surface area contributed by atoms with Crippen LogP contribution in [0.1, 0.15) is 13.8 Å². The molecule has 0 heterocycles. The van der Waals surface area contributed by atoms with E-state index in [1.807, 2.05) is 0 Å². The van der Waals surface area contributed by atoms with Gasteiger partial charge in [-0.2, -0.15) is 0 Å². The molecular weight excluding hydrogens is 272 g/mol. The normalized spacial score (nSPS) is 17.1. The molecule has 20 heavy (non-hydrogen) atoms. The molecule has 9 heteroatoms. The van der Waals surface area contributed by atoms with Crippen molar-refractivity contribution in [2.75, 3.05) is 26.3 Å². The van der Waals surface area contributed by atoms with Crippen LogP contribution in [0.25, 0.3) is 0 Å². The lowest BCUT2D eigenvalue weighted by molar-refractivity contribution is -0.118. The largest absolute Gasteiger partial charge is 0.394 e. The van der Waals surface area contributed by atoms with E-state index in [0.29, 0.717) is 13.2 Å². The van der Waals surface area contributed by atoms with Gasteiger partial charge in [-0.05, 0) is 13.8 Å². The van der Waals surface area contributed by atoms with E-state index in [4.69, 9.17) is 15.1 Å². The Morgan fingerprint density at radius 2 is 1.70 bits per heavy atom. The van der Waals surface area contributed by atoms with Gasteiger partial charge in [0.15, 0.2) is 0 Å². The highest BCUT2D eigenvalue weighted by atomic mass is 16.7. The van der Waals surface area contributed by atoms with Crippen molar-refractivity contribution in [3.05, 3.63) is 0 Å². The van der Waals surface area contributed by atoms with E-state index in [9.17, 15) is 20.1 Å². The molecule has 0 saturated carbocycles. The molecule has 0 aliphatic heterocycles. The minimum atomic E-state index is -1.72. The maximum atomic E-state index is 11.6. The molecular formula is C11H24N2O7. The third kappa shape index (κ3) is 5.99. The summed E-state index contributed by atoms with van der Waals surface area (Å²) in [6.45, 7) is 2.89. The summed E-state index contributed by atoms with van der Waals surface area (Å²) in [6, 6.07) is -0.599. The fourth-order valence-electron chi connectivity index (χ4n) is 1.41. The molecule has 0 spiro atoms. The summed E-state index contributed by atoms with van der Waals surface area (Å²) in [5, 5.41) is 49.6. The van der Waals surface area contributed by atoms with Gasteiger partial charge in [-0.25, -0.2) is 9.86 Å². The quantitative estimate of drug-likeness (QED) is 0.256. The first-order valence-electron chi connectivity index (χ1n) is 6.40. The van der Waals surface area contributed by atoms with Gasteiger partial charge in [-0.1, -0.05) is 0 Å². The number of rotatable bonds is 9. The number of carbonyl (C=O) groups excluding carboxylic acids is 1. The lowest BCUT2D eigenvalue weighted by atomic mass is 10.0. The van der Waals surface area contributed by atoms with Crippen molar-refractivity contribution in [1.29, 1.82) is 0 Å². The third-order valence-electron chi connectivity index (χ3n) is 2.59. The van der Waals surface area contributed by atoms with Crippen molar-refractivity contribution < 1.29 is 35.2 Å². The SMILES string of the molecule is CCON(CC)C(=O)NC[C@H](O)[C@@H](O)[C@H](O)[C@H](O)CO. The maximum Gasteiger partial charge on any atom is 0.341 e. The van der Waals surface area contributed by atoms with Crippen LogP contribution in [0.4, 0.5) is 4.79 Å². The van der Waals surface area contributed by atoms with E-state index < -0.39 is 37.1 Å². The molecule has 0 aliphatic rings. The molecule has 0 bridgehead atoms. The lowest BCUT2D eigenvalue weighted by Gasteiger charge is -2.26. The van der Waals surface area contributed by atoms with Gasteiger partial charge in [-0.15, -0.1) is 0 Å². The Labute approximate surface area is 117 Å². The minimum Gasteiger partial charge on any atom is -0.394 e. The lowest BCUT2D eigenvalue weighted by Crippen LogP contribution is -2.51. The molecule has 120 valence electrons. The highest BCUT2D eigenvalue weighted by Crippen LogP contribution is 2.04. The number of aliphatic hydroxyl groups excluding tert-OH is 5. The van der Waals surface area contributed by atoms with Crippen molar-refractivity contribution in [3.8, 4) is 0 Å². The van der Waals surface area contributed by atoms with Crippen molar-refractivity contribution in [1.82, 2.24) is 10.4 Å². The minimum absolute atomic E-state index is 0.296. The standard InChI is InChI=1S/C11H24N2O7/c1-3-13(20-4-2)11(19)12-5-7(15)9(17)10(18)8(16)6-14/h7-10,14-18H,3-6H2,1-2H3,(H,12,19)/t7-,8+,9+,10+/m0/s1. The summed E-state index contributed by atoms with van der Waals surface area (Å²) in [5.74, 6) is 0. The first-order valence-corrected chi connectivity index (χ1v) is 6.40. The summed E-state index contributed by atoms with van der Waals surface area (Å²) in [4.78, 5) is 16.6. The zero-order valence-corrected chi connectivity index (χ0v) is 11.6. The zero-order chi connectivity index (χ0) is 15.7. The highest BCUT2D eigenvalue weighted by molar-refractivity contribution is 5.72. The summed E-state index contributed by atoms with van der Waals surface area (Å²) in [5.41, 5.74) is 0. The number of carbonyl (C=O) groups is 1. The predicted octanol–water partition coefficient (Wildman–Crippen LogP) is -2.59. The van der Waals surface area contributed by atoms with Crippen LogP contribution in [-0.2, 0) is 4.84 Å². The number of urea groups is 1. The molecule has 0 saturated heterocycles. The van der Waals surface area contributed by atoms with Crippen molar-refractivity contribution >= 4 is 6.03 Å². The third-order valence-corrected chi connectivity index (χ3v) is 2.59. The fourth-order valence-corrected chi connectivity index (χ4v) is 1.41. The van der Waals surface area contributed by atoms with E-state index in [0.717, 1.165) is 5.06 Å². The molecule has 2 amide bonds. The molecule has 0 rings (SSSR count). The topological polar surface area (TPSA) is 143 Å². The second-order valence-corrected chi connectivity index (χ2v) is 4.10. The zero-order valence-electron chi connectivity index (χ0n) is 11.6. The Morgan fingerprint density at radius 3 is 2.15 bits per heavy atom. The Bertz CT molecular complexity index is 279. The molecule has 0 unspecified atom stereocenters. The molecule has 4 atom stereocenters. The van der Waals surface area contributed by atoms with Crippen LogP contribution in [0.3, 0.4) is 0 Å². The van der Waals surface area contributed by atoms with Gasteiger partial charge in [0.2, 0.25) is 0 Å². The van der Waals surface area contributed by atoms with Gasteiger partial charge >= 0.3 is 6.03 Å². The number of amides is 2. The Morgan fingerprint density at radius 1 is 1.15 bits per heavy atom. The molecule has 0 radical (unpaired) electrons. The summed E-state index contributed by atoms with van der Waals surface area (Å²) in [7, 11) is 0. The van der Waals surface area contributed by atoms with Crippen molar-refractivity contribution in [2.24, 2.45) is 0 Å². The molecule has 0 aromatic heterocycles. The summed E-state index contributed by atoms with van der Waals surface area (Å²) < 4.78 is 0.